The van der Waals surface area contributed by atoms with Crippen molar-refractivity contribution in [1.29, 1.82) is 0 Å². The van der Waals surface area contributed by atoms with Crippen LogP contribution in [0, 0.1) is 0 Å². The molecular formula is C18H19N5O2. The topological polar surface area (TPSA) is 102 Å². The average molecular weight is 337 g/mol. The lowest BCUT2D eigenvalue weighted by Gasteiger charge is -2.14. The first kappa shape index (κ1) is 16.6. The minimum absolute atomic E-state index is 0.316. The quantitative estimate of drug-likeness (QED) is 0.386. The zero-order valence-corrected chi connectivity index (χ0v) is 13.8. The molecule has 1 aliphatic rings. The second-order valence-electron chi connectivity index (χ2n) is 5.52. The first-order chi connectivity index (χ1) is 12.2. The number of carbonyl (C=O) groups is 1. The molecule has 1 aliphatic heterocycles. The predicted octanol–water partition coefficient (Wildman–Crippen LogP) is 3.16. The van der Waals surface area contributed by atoms with E-state index in [-0.39, 0.29) is 5.97 Å². The summed E-state index contributed by atoms with van der Waals surface area (Å²) in [5.74, 6) is 4.83. The molecule has 1 atom stereocenters. The summed E-state index contributed by atoms with van der Waals surface area (Å²) in [6.07, 6.45) is 5.25. The zero-order chi connectivity index (χ0) is 17.6. The van der Waals surface area contributed by atoms with Crippen LogP contribution >= 0.6 is 0 Å². The van der Waals surface area contributed by atoms with Crippen LogP contribution in [-0.2, 0) is 9.53 Å². The summed E-state index contributed by atoms with van der Waals surface area (Å²) in [5, 5.41) is 10.6. The molecule has 3 rings (SSSR count). The molecule has 128 valence electrons. The van der Waals surface area contributed by atoms with Gasteiger partial charge in [-0.1, -0.05) is 11.3 Å². The molecule has 7 nitrogen and oxygen atoms in total. The molecule has 1 unspecified atom stereocenters. The average Bonchev–Trinajstić information content (AvgIpc) is 2.81. The fraction of sp³-hybridized carbons (Fsp3) is 0.222. The Labute approximate surface area is 145 Å². The molecule has 0 fully saturated rings. The van der Waals surface area contributed by atoms with Gasteiger partial charge in [-0.25, -0.2) is 4.79 Å². The number of aromatic nitrogens is 1. The number of nitrogens with two attached hydrogens (primary N) is 1. The van der Waals surface area contributed by atoms with Gasteiger partial charge >= 0.3 is 5.97 Å². The van der Waals surface area contributed by atoms with Crippen LogP contribution in [0.25, 0.3) is 17.2 Å². The molecule has 1 aromatic heterocycles. The number of rotatable bonds is 4. The number of nitrogens with zero attached hydrogens (tertiary/aromatic N) is 3. The highest BCUT2D eigenvalue weighted by molar-refractivity contribution is 5.96. The third-order valence-corrected chi connectivity index (χ3v) is 3.87. The molecule has 0 saturated heterocycles. The molecule has 2 aromatic rings. The van der Waals surface area contributed by atoms with E-state index >= 15 is 0 Å². The summed E-state index contributed by atoms with van der Waals surface area (Å²) in [6.45, 7) is 2.09. The van der Waals surface area contributed by atoms with Crippen molar-refractivity contribution in [2.75, 3.05) is 11.9 Å². The third kappa shape index (κ3) is 3.82. The minimum atomic E-state index is -0.423. The Balaban J connectivity index is 2.03. The van der Waals surface area contributed by atoms with Gasteiger partial charge in [-0.3, -0.25) is 4.98 Å². The Hall–Kier alpha value is -3.22. The Morgan fingerprint density at radius 2 is 2.12 bits per heavy atom. The van der Waals surface area contributed by atoms with Crippen LogP contribution in [0.5, 0.6) is 0 Å². The molecule has 0 bridgehead atoms. The van der Waals surface area contributed by atoms with Gasteiger partial charge in [0.15, 0.2) is 0 Å². The van der Waals surface area contributed by atoms with Crippen LogP contribution < -0.4 is 11.2 Å². The predicted molar refractivity (Wildman–Crippen MR) is 95.4 cm³/mol. The number of hydrogen-bond donors (Lipinski definition) is 2. The van der Waals surface area contributed by atoms with Crippen molar-refractivity contribution in [3.05, 3.63) is 53.9 Å². The molecule has 0 amide bonds. The van der Waals surface area contributed by atoms with Crippen LogP contribution in [0.1, 0.15) is 18.9 Å². The number of ether oxygens (including phenoxy) is 1. The van der Waals surface area contributed by atoms with Crippen molar-refractivity contribution < 1.29 is 9.53 Å². The number of esters is 1. The molecule has 1 aromatic carbocycles. The summed E-state index contributed by atoms with van der Waals surface area (Å²) in [4.78, 5) is 16.3. The van der Waals surface area contributed by atoms with Gasteiger partial charge in [-0.05, 0) is 54.0 Å². The van der Waals surface area contributed by atoms with Gasteiger partial charge in [0.05, 0.1) is 6.61 Å². The van der Waals surface area contributed by atoms with Gasteiger partial charge < -0.3 is 15.9 Å². The van der Waals surface area contributed by atoms with Crippen molar-refractivity contribution in [3.63, 3.8) is 0 Å². The Bertz CT molecular complexity index is 817. The van der Waals surface area contributed by atoms with Crippen LogP contribution in [0.4, 0.5) is 5.69 Å². The lowest BCUT2D eigenvalue weighted by atomic mass is 10.0. The summed E-state index contributed by atoms with van der Waals surface area (Å²) in [6, 6.07) is 9.84. The van der Waals surface area contributed by atoms with E-state index < -0.39 is 6.17 Å². The summed E-state index contributed by atoms with van der Waals surface area (Å²) in [7, 11) is 0. The van der Waals surface area contributed by atoms with Crippen molar-refractivity contribution in [3.8, 4) is 11.1 Å². The third-order valence-electron chi connectivity index (χ3n) is 3.87. The van der Waals surface area contributed by atoms with Crippen molar-refractivity contribution in [1.82, 2.24) is 4.98 Å². The number of fused-ring (bicyclic) bond motifs is 1. The molecule has 0 spiro atoms. The van der Waals surface area contributed by atoms with Gasteiger partial charge in [0.2, 0.25) is 0 Å². The van der Waals surface area contributed by atoms with E-state index in [0.29, 0.717) is 18.6 Å². The van der Waals surface area contributed by atoms with E-state index in [1.54, 1.807) is 19.3 Å². The van der Waals surface area contributed by atoms with E-state index in [9.17, 15) is 4.79 Å². The highest BCUT2D eigenvalue weighted by Crippen LogP contribution is 2.31. The number of pyridine rings is 1. The normalized spacial score (nSPS) is 16.5. The summed E-state index contributed by atoms with van der Waals surface area (Å²) >= 11 is 0. The maximum absolute atomic E-state index is 12.2. The van der Waals surface area contributed by atoms with E-state index in [2.05, 4.69) is 20.6 Å². The molecule has 0 saturated carbocycles. The second kappa shape index (κ2) is 7.57. The largest absolute Gasteiger partial charge is 0.463 e. The summed E-state index contributed by atoms with van der Waals surface area (Å²) in [5.41, 5.74) is 4.34. The van der Waals surface area contributed by atoms with Crippen LogP contribution in [0.3, 0.4) is 0 Å². The van der Waals surface area contributed by atoms with Crippen molar-refractivity contribution in [2.45, 2.75) is 19.5 Å². The molecule has 7 heteroatoms. The Morgan fingerprint density at radius 3 is 2.84 bits per heavy atom. The fourth-order valence-electron chi connectivity index (χ4n) is 2.74. The molecule has 0 aliphatic carbocycles. The Kier molecular flexibility index (Phi) is 5.03. The van der Waals surface area contributed by atoms with E-state index in [1.807, 2.05) is 36.4 Å². The van der Waals surface area contributed by atoms with Crippen LogP contribution in [-0.4, -0.2) is 23.7 Å². The monoisotopic (exact) mass is 337 g/mol. The number of nitrogens with one attached hydrogen (secondary N) is 1. The summed E-state index contributed by atoms with van der Waals surface area (Å²) < 4.78 is 5.15. The first-order valence-electron chi connectivity index (χ1n) is 8.00. The first-order valence-corrected chi connectivity index (χ1v) is 8.00. The van der Waals surface area contributed by atoms with E-state index in [0.717, 1.165) is 22.4 Å². The molecule has 0 radical (unpaired) electrons. The minimum Gasteiger partial charge on any atom is -0.463 e. The lowest BCUT2D eigenvalue weighted by Crippen LogP contribution is -2.19. The van der Waals surface area contributed by atoms with E-state index in [1.165, 1.54) is 0 Å². The standard InChI is InChI=1S/C18H19N5O2/c1-2-25-18(24)15-10-14-9-13(12-5-7-20-8-6-12)3-4-16(14)21-17(11-15)22-23-19/h3-10,17,21H,2,11H2,1H3,(H2,19,22). The Morgan fingerprint density at radius 1 is 1.32 bits per heavy atom. The molecular weight excluding hydrogens is 318 g/mol. The van der Waals surface area contributed by atoms with Gasteiger partial charge in [-0.2, -0.15) is 0 Å². The zero-order valence-electron chi connectivity index (χ0n) is 13.8. The van der Waals surface area contributed by atoms with Gasteiger partial charge in [0.1, 0.15) is 6.17 Å². The smallest absolute Gasteiger partial charge is 0.334 e. The number of anilines is 1. The van der Waals surface area contributed by atoms with Crippen molar-refractivity contribution in [2.24, 2.45) is 16.2 Å². The second-order valence-corrected chi connectivity index (χ2v) is 5.52. The number of carbonyl (C=O) groups excluding carboxylic acids is 1. The lowest BCUT2D eigenvalue weighted by molar-refractivity contribution is -0.138. The van der Waals surface area contributed by atoms with Gasteiger partial charge in [0, 0.05) is 30.1 Å². The van der Waals surface area contributed by atoms with Gasteiger partial charge in [0.25, 0.3) is 0 Å². The van der Waals surface area contributed by atoms with Crippen molar-refractivity contribution >= 4 is 17.7 Å². The van der Waals surface area contributed by atoms with Gasteiger partial charge in [-0.15, -0.1) is 5.11 Å². The van der Waals surface area contributed by atoms with Crippen LogP contribution in [0.2, 0.25) is 0 Å². The highest BCUT2D eigenvalue weighted by atomic mass is 16.5. The maximum atomic E-state index is 12.2. The number of benzene rings is 1. The highest BCUT2D eigenvalue weighted by Gasteiger charge is 2.22. The molecule has 2 heterocycles. The SMILES string of the molecule is CCOC(=O)C1=Cc2cc(-c3ccncc3)ccc2NC(N=NN)C1. The maximum Gasteiger partial charge on any atom is 0.334 e. The number of hydrogen-bond acceptors (Lipinski definition) is 6. The van der Waals surface area contributed by atoms with E-state index in [4.69, 9.17) is 10.6 Å². The molecule has 3 N–H and O–H groups in total. The molecule has 25 heavy (non-hydrogen) atoms. The van der Waals surface area contributed by atoms with Crippen LogP contribution in [0.15, 0.2) is 58.6 Å². The fourth-order valence-corrected chi connectivity index (χ4v) is 2.74.